The Morgan fingerprint density at radius 3 is 2.42 bits per heavy atom. The molecule has 0 saturated carbocycles. The smallest absolute Gasteiger partial charge is 0.225 e. The van der Waals surface area contributed by atoms with Crippen molar-refractivity contribution in [2.75, 3.05) is 70.9 Å². The summed E-state index contributed by atoms with van der Waals surface area (Å²) < 4.78 is 0. The summed E-state index contributed by atoms with van der Waals surface area (Å²) in [6.07, 6.45) is 6.32. The van der Waals surface area contributed by atoms with E-state index >= 15 is 0 Å². The number of nitrogens with one attached hydrogen (secondary N) is 2. The van der Waals surface area contributed by atoms with Crippen molar-refractivity contribution in [3.05, 3.63) is 18.5 Å². The molecule has 0 radical (unpaired) electrons. The normalized spacial score (nSPS) is 18.5. The van der Waals surface area contributed by atoms with Crippen LogP contribution in [0.1, 0.15) is 26.2 Å². The molecule has 31 heavy (non-hydrogen) atoms. The Labute approximate surface area is 203 Å². The molecule has 0 atom stereocenters. The lowest BCUT2D eigenvalue weighted by Gasteiger charge is -2.35. The number of carbonyl (C=O) groups excluding carboxylic acids is 1. The molecule has 0 unspecified atom stereocenters. The van der Waals surface area contributed by atoms with Gasteiger partial charge in [-0.15, -0.1) is 24.0 Å². The Balaban J connectivity index is 0.00000341. The number of aliphatic imine (C=N–C) groups is 1. The lowest BCUT2D eigenvalue weighted by atomic mass is 9.93. The van der Waals surface area contributed by atoms with E-state index in [9.17, 15) is 4.79 Å². The standard InChI is InChI=1S/C21H36N8O.HI/c1-3-23-20(28-10-5-18(6-11-28)17-19(30)22-2)26-9-12-27-13-15-29(16-14-27)21-24-7-4-8-25-21;/h4,7-8,18H,3,5-6,9-17H2,1-2H3,(H,22,30)(H,23,26);1H. The molecule has 2 saturated heterocycles. The van der Waals surface area contributed by atoms with Crippen LogP contribution in [-0.2, 0) is 4.79 Å². The predicted molar refractivity (Wildman–Crippen MR) is 135 cm³/mol. The quantitative estimate of drug-likeness (QED) is 0.301. The van der Waals surface area contributed by atoms with Crippen LogP contribution in [0.4, 0.5) is 5.95 Å². The maximum Gasteiger partial charge on any atom is 0.225 e. The summed E-state index contributed by atoms with van der Waals surface area (Å²) in [5.74, 6) is 2.46. The Morgan fingerprint density at radius 2 is 1.81 bits per heavy atom. The summed E-state index contributed by atoms with van der Waals surface area (Å²) in [4.78, 5) is 32.2. The number of rotatable bonds is 7. The van der Waals surface area contributed by atoms with Crippen molar-refractivity contribution in [1.82, 2.24) is 30.4 Å². The minimum absolute atomic E-state index is 0. The molecule has 174 valence electrons. The second-order valence-corrected chi connectivity index (χ2v) is 7.92. The van der Waals surface area contributed by atoms with Crippen LogP contribution >= 0.6 is 24.0 Å². The van der Waals surface area contributed by atoms with E-state index in [1.54, 1.807) is 19.4 Å². The Hall–Kier alpha value is -1.69. The van der Waals surface area contributed by atoms with Gasteiger partial charge >= 0.3 is 0 Å². The van der Waals surface area contributed by atoms with Gasteiger partial charge in [-0.25, -0.2) is 9.97 Å². The molecule has 2 N–H and O–H groups in total. The number of hydrogen-bond acceptors (Lipinski definition) is 6. The third-order valence-corrected chi connectivity index (χ3v) is 5.89. The summed E-state index contributed by atoms with van der Waals surface area (Å²) in [5.41, 5.74) is 0. The Bertz CT molecular complexity index is 673. The zero-order valence-corrected chi connectivity index (χ0v) is 21.1. The van der Waals surface area contributed by atoms with Crippen LogP contribution < -0.4 is 15.5 Å². The van der Waals surface area contributed by atoms with Crippen molar-refractivity contribution in [3.8, 4) is 0 Å². The molecule has 3 rings (SSSR count). The van der Waals surface area contributed by atoms with Crippen LogP contribution in [0.2, 0.25) is 0 Å². The maximum atomic E-state index is 11.6. The number of likely N-dealkylation sites (tertiary alicyclic amines) is 1. The van der Waals surface area contributed by atoms with Crippen molar-refractivity contribution < 1.29 is 4.79 Å². The van der Waals surface area contributed by atoms with Gasteiger partial charge in [-0.1, -0.05) is 0 Å². The molecular formula is C21H37IN8O. The predicted octanol–water partition coefficient (Wildman–Crippen LogP) is 1.03. The fourth-order valence-electron chi connectivity index (χ4n) is 4.06. The summed E-state index contributed by atoms with van der Waals surface area (Å²) in [6.45, 7) is 10.6. The van der Waals surface area contributed by atoms with Gasteiger partial charge in [-0.05, 0) is 31.7 Å². The van der Waals surface area contributed by atoms with Gasteiger partial charge in [-0.3, -0.25) is 14.7 Å². The topological polar surface area (TPSA) is 89.0 Å². The second kappa shape index (κ2) is 13.7. The molecule has 2 aliphatic heterocycles. The number of guanidine groups is 1. The summed E-state index contributed by atoms with van der Waals surface area (Å²) in [7, 11) is 1.71. The third-order valence-electron chi connectivity index (χ3n) is 5.89. The highest BCUT2D eigenvalue weighted by atomic mass is 127. The van der Waals surface area contributed by atoms with Crippen LogP contribution in [0.25, 0.3) is 0 Å². The molecule has 2 aliphatic rings. The second-order valence-electron chi connectivity index (χ2n) is 7.92. The van der Waals surface area contributed by atoms with Gasteiger partial charge in [0.05, 0.1) is 6.54 Å². The van der Waals surface area contributed by atoms with Crippen molar-refractivity contribution >= 4 is 41.8 Å². The van der Waals surface area contributed by atoms with Crippen LogP contribution in [-0.4, -0.2) is 97.6 Å². The van der Waals surface area contributed by atoms with Crippen molar-refractivity contribution in [3.63, 3.8) is 0 Å². The lowest BCUT2D eigenvalue weighted by molar-refractivity contribution is -0.121. The largest absolute Gasteiger partial charge is 0.359 e. The molecule has 0 bridgehead atoms. The zero-order chi connectivity index (χ0) is 21.2. The molecule has 0 spiro atoms. The number of amides is 1. The summed E-state index contributed by atoms with van der Waals surface area (Å²) in [5, 5.41) is 6.17. The average Bonchev–Trinajstić information content (AvgIpc) is 2.80. The highest BCUT2D eigenvalue weighted by molar-refractivity contribution is 14.0. The van der Waals surface area contributed by atoms with Crippen molar-refractivity contribution in [2.45, 2.75) is 26.2 Å². The molecule has 10 heteroatoms. The zero-order valence-electron chi connectivity index (χ0n) is 18.8. The van der Waals surface area contributed by atoms with E-state index < -0.39 is 0 Å². The van der Waals surface area contributed by atoms with Gasteiger partial charge in [0.2, 0.25) is 11.9 Å². The van der Waals surface area contributed by atoms with E-state index in [1.807, 2.05) is 6.07 Å². The number of hydrogen-bond donors (Lipinski definition) is 2. The molecule has 2 fully saturated rings. The van der Waals surface area contributed by atoms with Crippen molar-refractivity contribution in [1.29, 1.82) is 0 Å². The SMILES string of the molecule is CCNC(=NCCN1CCN(c2ncccn2)CC1)N1CCC(CC(=O)NC)CC1.I. The van der Waals surface area contributed by atoms with Gasteiger partial charge in [-0.2, -0.15) is 0 Å². The third kappa shape index (κ3) is 8.06. The molecule has 9 nitrogen and oxygen atoms in total. The lowest BCUT2D eigenvalue weighted by Crippen LogP contribution is -2.48. The van der Waals surface area contributed by atoms with Crippen LogP contribution in [0, 0.1) is 5.92 Å². The molecule has 1 aromatic heterocycles. The summed E-state index contributed by atoms with van der Waals surface area (Å²) in [6, 6.07) is 1.85. The first-order valence-corrected chi connectivity index (χ1v) is 11.2. The van der Waals surface area contributed by atoms with Crippen molar-refractivity contribution in [2.24, 2.45) is 10.9 Å². The number of piperidine rings is 1. The van der Waals surface area contributed by atoms with Crippen LogP contribution in [0.5, 0.6) is 0 Å². The maximum absolute atomic E-state index is 11.6. The van der Waals surface area contributed by atoms with E-state index in [2.05, 4.69) is 42.2 Å². The first kappa shape index (κ1) is 25.6. The number of piperazine rings is 1. The minimum atomic E-state index is 0. The molecule has 1 amide bonds. The van der Waals surface area contributed by atoms with Gasteiger partial charge in [0.1, 0.15) is 0 Å². The van der Waals surface area contributed by atoms with E-state index in [4.69, 9.17) is 4.99 Å². The number of nitrogens with zero attached hydrogens (tertiary/aromatic N) is 6. The van der Waals surface area contributed by atoms with E-state index in [-0.39, 0.29) is 29.9 Å². The van der Waals surface area contributed by atoms with Gasteiger partial charge < -0.3 is 20.4 Å². The van der Waals surface area contributed by atoms with E-state index in [1.165, 1.54) is 0 Å². The molecule has 1 aromatic rings. The first-order valence-electron chi connectivity index (χ1n) is 11.2. The molecule has 0 aliphatic carbocycles. The average molecular weight is 544 g/mol. The number of anilines is 1. The van der Waals surface area contributed by atoms with Gasteiger partial charge in [0.15, 0.2) is 5.96 Å². The fraction of sp³-hybridized carbons (Fsp3) is 0.714. The monoisotopic (exact) mass is 544 g/mol. The van der Waals surface area contributed by atoms with Gasteiger partial charge in [0.25, 0.3) is 0 Å². The molecule has 3 heterocycles. The highest BCUT2D eigenvalue weighted by Gasteiger charge is 2.23. The Kier molecular flexibility index (Phi) is 11.3. The van der Waals surface area contributed by atoms with Crippen LogP contribution in [0.3, 0.4) is 0 Å². The molecular weight excluding hydrogens is 507 g/mol. The minimum Gasteiger partial charge on any atom is -0.359 e. The molecule has 0 aromatic carbocycles. The number of halogens is 1. The van der Waals surface area contributed by atoms with E-state index in [0.29, 0.717) is 12.3 Å². The fourth-order valence-corrected chi connectivity index (χ4v) is 4.06. The first-order chi connectivity index (χ1) is 14.7. The number of carbonyl (C=O) groups is 1. The van der Waals surface area contributed by atoms with Gasteiger partial charge in [0, 0.05) is 78.2 Å². The summed E-state index contributed by atoms with van der Waals surface area (Å²) >= 11 is 0. The highest BCUT2D eigenvalue weighted by Crippen LogP contribution is 2.20. The Morgan fingerprint density at radius 1 is 1.13 bits per heavy atom. The number of aromatic nitrogens is 2. The van der Waals surface area contributed by atoms with Crippen LogP contribution in [0.15, 0.2) is 23.5 Å². The van der Waals surface area contributed by atoms with E-state index in [0.717, 1.165) is 83.7 Å².